The zero-order chi connectivity index (χ0) is 14.3. The minimum Gasteiger partial charge on any atom is -0.456 e. The molecule has 0 spiro atoms. The number of hydrogen-bond donors (Lipinski definition) is 0. The van der Waals surface area contributed by atoms with E-state index in [1.165, 1.54) is 12.2 Å². The van der Waals surface area contributed by atoms with Gasteiger partial charge in [-0.2, -0.15) is 0 Å². The van der Waals surface area contributed by atoms with Crippen LogP contribution in [0.2, 0.25) is 5.02 Å². The Balaban J connectivity index is 2.52. The van der Waals surface area contributed by atoms with Crippen molar-refractivity contribution in [2.45, 2.75) is 0 Å². The third kappa shape index (κ3) is 1.86. The van der Waals surface area contributed by atoms with Gasteiger partial charge in [0.1, 0.15) is 11.3 Å². The van der Waals surface area contributed by atoms with E-state index in [0.29, 0.717) is 27.3 Å². The Morgan fingerprint density at radius 3 is 2.55 bits per heavy atom. The van der Waals surface area contributed by atoms with Gasteiger partial charge in [0.15, 0.2) is 0 Å². The van der Waals surface area contributed by atoms with Crippen LogP contribution in [0.5, 0.6) is 0 Å². The minimum absolute atomic E-state index is 0.113. The predicted octanol–water partition coefficient (Wildman–Crippen LogP) is 4.89. The van der Waals surface area contributed by atoms with Gasteiger partial charge >= 0.3 is 0 Å². The Hall–Kier alpha value is -2.32. The lowest BCUT2D eigenvalue weighted by molar-refractivity contribution is 0.590. The highest BCUT2D eigenvalue weighted by Gasteiger charge is 2.11. The van der Waals surface area contributed by atoms with E-state index >= 15 is 0 Å². The average Bonchev–Trinajstić information content (AvgIpc) is 2.45. The van der Waals surface area contributed by atoms with Crippen molar-refractivity contribution in [2.24, 2.45) is 0 Å². The summed E-state index contributed by atoms with van der Waals surface area (Å²) < 4.78 is 5.73. The van der Waals surface area contributed by atoms with Gasteiger partial charge in [0.25, 0.3) is 0 Å². The fourth-order valence-corrected chi connectivity index (χ4v) is 2.47. The molecule has 20 heavy (non-hydrogen) atoms. The quantitative estimate of drug-likeness (QED) is 0.627. The second kappa shape index (κ2) is 4.66. The van der Waals surface area contributed by atoms with Crippen molar-refractivity contribution >= 4 is 45.5 Å². The van der Waals surface area contributed by atoms with Crippen molar-refractivity contribution in [2.75, 3.05) is 0 Å². The zero-order valence-electron chi connectivity index (χ0n) is 10.7. The molecule has 0 aliphatic carbocycles. The summed E-state index contributed by atoms with van der Waals surface area (Å²) in [6.07, 6.45) is 3.01. The molecule has 1 aromatic heterocycles. The Labute approximate surface area is 120 Å². The second-order valence-corrected chi connectivity index (χ2v) is 4.89. The molecule has 0 N–H and O–H groups in total. The van der Waals surface area contributed by atoms with Gasteiger partial charge in [-0.1, -0.05) is 36.9 Å². The number of fused-ring (bicyclic) bond motifs is 2. The largest absolute Gasteiger partial charge is 0.456 e. The number of halogens is 1. The first-order valence-electron chi connectivity index (χ1n) is 6.09. The van der Waals surface area contributed by atoms with Crippen molar-refractivity contribution < 1.29 is 4.42 Å². The lowest BCUT2D eigenvalue weighted by Crippen LogP contribution is -2.07. The van der Waals surface area contributed by atoms with Crippen molar-refractivity contribution in [1.29, 1.82) is 0 Å². The SMILES string of the molecule is C=Cc1oc2cc3ccc(Cl)cc3cc2c(=O)c1C=C. The molecule has 0 fully saturated rings. The molecule has 3 rings (SSSR count). The maximum atomic E-state index is 12.5. The van der Waals surface area contributed by atoms with E-state index in [2.05, 4.69) is 13.2 Å². The molecule has 0 atom stereocenters. The third-order valence-electron chi connectivity index (χ3n) is 3.26. The van der Waals surface area contributed by atoms with Crippen LogP contribution in [0.15, 0.2) is 52.7 Å². The molecule has 3 heteroatoms. The van der Waals surface area contributed by atoms with Crippen molar-refractivity contribution in [1.82, 2.24) is 0 Å². The van der Waals surface area contributed by atoms with E-state index in [9.17, 15) is 4.79 Å². The minimum atomic E-state index is -0.113. The maximum absolute atomic E-state index is 12.5. The Kier molecular flexibility index (Phi) is 2.96. The fraction of sp³-hybridized carbons (Fsp3) is 0. The molecule has 2 nitrogen and oxygen atoms in total. The van der Waals surface area contributed by atoms with Crippen LogP contribution < -0.4 is 5.43 Å². The molecule has 0 amide bonds. The first-order valence-corrected chi connectivity index (χ1v) is 6.47. The van der Waals surface area contributed by atoms with Crippen molar-refractivity contribution in [3.63, 3.8) is 0 Å². The summed E-state index contributed by atoms with van der Waals surface area (Å²) in [7, 11) is 0. The molecule has 1 heterocycles. The lowest BCUT2D eigenvalue weighted by atomic mass is 10.0. The first kappa shape index (κ1) is 12.7. The van der Waals surface area contributed by atoms with Gasteiger partial charge in [-0.05, 0) is 41.1 Å². The summed E-state index contributed by atoms with van der Waals surface area (Å²) >= 11 is 5.98. The van der Waals surface area contributed by atoms with E-state index in [0.717, 1.165) is 10.8 Å². The summed E-state index contributed by atoms with van der Waals surface area (Å²) in [4.78, 5) is 12.5. The molecule has 98 valence electrons. The highest BCUT2D eigenvalue weighted by Crippen LogP contribution is 2.25. The summed E-state index contributed by atoms with van der Waals surface area (Å²) in [5.41, 5.74) is 0.845. The second-order valence-electron chi connectivity index (χ2n) is 4.46. The summed E-state index contributed by atoms with van der Waals surface area (Å²) in [5.74, 6) is 0.436. The molecule has 0 aliphatic heterocycles. The monoisotopic (exact) mass is 282 g/mol. The highest BCUT2D eigenvalue weighted by molar-refractivity contribution is 6.31. The average molecular weight is 283 g/mol. The number of hydrogen-bond acceptors (Lipinski definition) is 2. The Morgan fingerprint density at radius 1 is 1.05 bits per heavy atom. The topological polar surface area (TPSA) is 30.2 Å². The molecule has 3 aromatic rings. The molecule has 0 saturated heterocycles. The molecular formula is C17H11ClO2. The van der Waals surface area contributed by atoms with Gasteiger partial charge in [0.05, 0.1) is 10.9 Å². The van der Waals surface area contributed by atoms with Crippen LogP contribution in [0.3, 0.4) is 0 Å². The molecule has 0 radical (unpaired) electrons. The maximum Gasteiger partial charge on any atom is 0.200 e. The van der Waals surface area contributed by atoms with Gasteiger partial charge in [-0.3, -0.25) is 4.79 Å². The van der Waals surface area contributed by atoms with Crippen LogP contribution in [0.1, 0.15) is 11.3 Å². The highest BCUT2D eigenvalue weighted by atomic mass is 35.5. The molecule has 2 aromatic carbocycles. The Morgan fingerprint density at radius 2 is 1.85 bits per heavy atom. The molecule has 0 aliphatic rings. The molecular weight excluding hydrogens is 272 g/mol. The van der Waals surface area contributed by atoms with E-state index in [1.54, 1.807) is 12.1 Å². The zero-order valence-corrected chi connectivity index (χ0v) is 11.4. The van der Waals surface area contributed by atoms with Gasteiger partial charge in [0, 0.05) is 5.02 Å². The van der Waals surface area contributed by atoms with Crippen LogP contribution in [0.25, 0.3) is 33.9 Å². The van der Waals surface area contributed by atoms with Crippen LogP contribution in [0, 0.1) is 0 Å². The van der Waals surface area contributed by atoms with Crippen molar-refractivity contribution in [3.8, 4) is 0 Å². The van der Waals surface area contributed by atoms with Gasteiger partial charge in [-0.25, -0.2) is 0 Å². The standard InChI is InChI=1S/C17H11ClO2/c1-3-13-15(4-2)20-16-9-10-5-6-12(18)7-11(10)8-14(16)17(13)19/h3-9H,1-2H2. The van der Waals surface area contributed by atoms with Gasteiger partial charge < -0.3 is 4.42 Å². The Bertz CT molecular complexity index is 920. The summed E-state index contributed by atoms with van der Waals surface area (Å²) in [5, 5.41) is 3.01. The number of benzene rings is 2. The lowest BCUT2D eigenvalue weighted by Gasteiger charge is -2.05. The van der Waals surface area contributed by atoms with Crippen LogP contribution in [-0.2, 0) is 0 Å². The first-order chi connectivity index (χ1) is 9.63. The number of rotatable bonds is 2. The van der Waals surface area contributed by atoms with E-state index < -0.39 is 0 Å². The third-order valence-corrected chi connectivity index (χ3v) is 3.50. The van der Waals surface area contributed by atoms with Crippen molar-refractivity contribution in [3.05, 3.63) is 70.1 Å². The summed E-state index contributed by atoms with van der Waals surface area (Å²) in [6, 6.07) is 9.15. The smallest absolute Gasteiger partial charge is 0.200 e. The van der Waals surface area contributed by atoms with E-state index in [-0.39, 0.29) is 5.43 Å². The molecule has 0 unspecified atom stereocenters. The molecule has 0 bridgehead atoms. The van der Waals surface area contributed by atoms with E-state index in [1.807, 2.05) is 18.2 Å². The summed E-state index contributed by atoms with van der Waals surface area (Å²) in [6.45, 7) is 7.32. The molecule has 0 saturated carbocycles. The normalized spacial score (nSPS) is 10.8. The fourth-order valence-electron chi connectivity index (χ4n) is 2.28. The van der Waals surface area contributed by atoms with E-state index in [4.69, 9.17) is 16.0 Å². The van der Waals surface area contributed by atoms with Crippen LogP contribution in [0.4, 0.5) is 0 Å². The van der Waals surface area contributed by atoms with Gasteiger partial charge in [-0.15, -0.1) is 0 Å². The predicted molar refractivity (Wildman–Crippen MR) is 85.2 cm³/mol. The van der Waals surface area contributed by atoms with Crippen LogP contribution >= 0.6 is 11.6 Å². The van der Waals surface area contributed by atoms with Crippen LogP contribution in [-0.4, -0.2) is 0 Å². The van der Waals surface area contributed by atoms with Gasteiger partial charge in [0.2, 0.25) is 5.43 Å².